The van der Waals surface area contributed by atoms with Crippen LogP contribution in [0.25, 0.3) is 11.1 Å². The lowest BCUT2D eigenvalue weighted by atomic mass is 9.98. The summed E-state index contributed by atoms with van der Waals surface area (Å²) in [6.07, 6.45) is -2.78. The number of carbonyl (C=O) groups is 2. The van der Waals surface area contributed by atoms with E-state index in [9.17, 15) is 36.3 Å². The van der Waals surface area contributed by atoms with Crippen LogP contribution in [0.1, 0.15) is 39.1 Å². The fraction of sp³-hybridized carbons (Fsp3) is 0.240. The van der Waals surface area contributed by atoms with Gasteiger partial charge in [-0.25, -0.2) is 22.9 Å². The first-order chi connectivity index (χ1) is 17.9. The molecule has 1 aliphatic rings. The molecule has 1 amide bonds. The number of nitrogens with one attached hydrogen (secondary N) is 1. The van der Waals surface area contributed by atoms with E-state index < -0.39 is 44.2 Å². The lowest BCUT2D eigenvalue weighted by Crippen LogP contribution is -2.46. The SMILES string of the molecule is O=C(O)c1c(-c2cccc(C(F)(F)F)c2)cccc1S(=O)(=O)NC1CCN(C(=O)c2ccc(Cl)nc2)CC1. The molecule has 0 unspecified atom stereocenters. The second kappa shape index (κ2) is 10.7. The summed E-state index contributed by atoms with van der Waals surface area (Å²) in [5, 5.41) is 10.1. The highest BCUT2D eigenvalue weighted by atomic mass is 35.5. The number of hydrogen-bond donors (Lipinski definition) is 2. The van der Waals surface area contributed by atoms with E-state index in [4.69, 9.17) is 11.6 Å². The van der Waals surface area contributed by atoms with Gasteiger partial charge in [-0.15, -0.1) is 0 Å². The molecule has 13 heteroatoms. The summed E-state index contributed by atoms with van der Waals surface area (Å²) in [4.78, 5) is 29.7. The standard InChI is InChI=1S/C25H21ClF3N3O5S/c26-21-8-7-16(14-30-21)23(33)32-11-9-18(10-12-32)31-38(36,37)20-6-2-5-19(22(20)24(34)35)15-3-1-4-17(13-15)25(27,28)29/h1-8,13-14,18,31H,9-12H2,(H,34,35). The molecule has 3 aromatic rings. The van der Waals surface area contributed by atoms with Crippen LogP contribution in [0.4, 0.5) is 13.2 Å². The van der Waals surface area contributed by atoms with E-state index in [1.54, 1.807) is 4.90 Å². The quantitative estimate of drug-likeness (QED) is 0.417. The lowest BCUT2D eigenvalue weighted by molar-refractivity contribution is -0.137. The van der Waals surface area contributed by atoms with Gasteiger partial charge in [0.25, 0.3) is 5.91 Å². The molecule has 1 fully saturated rings. The maximum Gasteiger partial charge on any atom is 0.416 e. The Morgan fingerprint density at radius 1 is 1.05 bits per heavy atom. The van der Waals surface area contributed by atoms with Crippen LogP contribution in [0, 0.1) is 0 Å². The Hall–Kier alpha value is -3.48. The molecule has 0 atom stereocenters. The van der Waals surface area contributed by atoms with Crippen LogP contribution in [0.2, 0.25) is 5.15 Å². The number of halogens is 4. The smallest absolute Gasteiger partial charge is 0.416 e. The fourth-order valence-corrected chi connectivity index (χ4v) is 5.88. The molecule has 8 nitrogen and oxygen atoms in total. The second-order valence-corrected chi connectivity index (χ2v) is 10.7. The topological polar surface area (TPSA) is 117 Å². The number of piperidine rings is 1. The van der Waals surface area contributed by atoms with Gasteiger partial charge in [0.05, 0.1) is 21.6 Å². The summed E-state index contributed by atoms with van der Waals surface area (Å²) >= 11 is 5.75. The Labute approximate surface area is 221 Å². The van der Waals surface area contributed by atoms with Gasteiger partial charge >= 0.3 is 12.1 Å². The van der Waals surface area contributed by atoms with Crippen LogP contribution < -0.4 is 4.72 Å². The van der Waals surface area contributed by atoms with Crippen molar-refractivity contribution in [1.82, 2.24) is 14.6 Å². The average Bonchev–Trinajstić information content (AvgIpc) is 2.88. The van der Waals surface area contributed by atoms with E-state index in [0.717, 1.165) is 24.3 Å². The molecular formula is C25H21ClF3N3O5S. The number of carboxylic acid groups (broad SMARTS) is 1. The number of pyridine rings is 1. The van der Waals surface area contributed by atoms with Crippen LogP contribution >= 0.6 is 11.6 Å². The minimum absolute atomic E-state index is 0.0854. The Kier molecular flexibility index (Phi) is 7.77. The van der Waals surface area contributed by atoms with Crippen molar-refractivity contribution < 1.29 is 36.3 Å². The van der Waals surface area contributed by atoms with Crippen molar-refractivity contribution in [1.29, 1.82) is 0 Å². The van der Waals surface area contributed by atoms with Gasteiger partial charge in [-0.05, 0) is 54.3 Å². The van der Waals surface area contributed by atoms with Crippen molar-refractivity contribution in [2.24, 2.45) is 0 Å². The number of sulfonamides is 1. The number of aromatic carboxylic acids is 1. The summed E-state index contributed by atoms with van der Waals surface area (Å²) in [6, 6.07) is 10.1. The van der Waals surface area contributed by atoms with Crippen LogP contribution in [0.15, 0.2) is 65.7 Å². The molecular weight excluding hydrogens is 547 g/mol. The zero-order valence-electron chi connectivity index (χ0n) is 19.6. The number of carboxylic acids is 1. The molecule has 0 spiro atoms. The first-order valence-electron chi connectivity index (χ1n) is 11.3. The summed E-state index contributed by atoms with van der Waals surface area (Å²) in [6.45, 7) is 0.482. The summed E-state index contributed by atoms with van der Waals surface area (Å²) in [5.41, 5.74) is -1.54. The summed E-state index contributed by atoms with van der Waals surface area (Å²) in [7, 11) is -4.38. The molecule has 1 saturated heterocycles. The van der Waals surface area contributed by atoms with Crippen molar-refractivity contribution in [3.8, 4) is 11.1 Å². The normalized spacial score (nSPS) is 14.9. The number of nitrogens with zero attached hydrogens (tertiary/aromatic N) is 2. The minimum atomic E-state index is -4.66. The van der Waals surface area contributed by atoms with Crippen molar-refractivity contribution in [2.45, 2.75) is 30.0 Å². The van der Waals surface area contributed by atoms with Crippen LogP contribution in [0.5, 0.6) is 0 Å². The Balaban J connectivity index is 1.55. The Morgan fingerprint density at radius 2 is 1.74 bits per heavy atom. The Morgan fingerprint density at radius 3 is 2.34 bits per heavy atom. The van der Waals surface area contributed by atoms with E-state index in [-0.39, 0.29) is 48.1 Å². The largest absolute Gasteiger partial charge is 0.478 e. The second-order valence-electron chi connectivity index (χ2n) is 8.62. The van der Waals surface area contributed by atoms with Gasteiger partial charge in [0.2, 0.25) is 10.0 Å². The first-order valence-corrected chi connectivity index (χ1v) is 13.2. The molecule has 1 aliphatic heterocycles. The zero-order chi connectivity index (χ0) is 27.7. The van der Waals surface area contributed by atoms with Crippen LogP contribution in [-0.2, 0) is 16.2 Å². The van der Waals surface area contributed by atoms with Crippen molar-refractivity contribution in [3.05, 3.63) is 82.6 Å². The molecule has 2 aromatic carbocycles. The lowest BCUT2D eigenvalue weighted by Gasteiger charge is -2.32. The van der Waals surface area contributed by atoms with E-state index in [2.05, 4.69) is 9.71 Å². The average molecular weight is 568 g/mol. The van der Waals surface area contributed by atoms with Gasteiger partial charge in [0.15, 0.2) is 0 Å². The number of alkyl halides is 3. The molecule has 2 heterocycles. The number of hydrogen-bond acceptors (Lipinski definition) is 5. The highest BCUT2D eigenvalue weighted by Gasteiger charge is 2.33. The molecule has 0 aliphatic carbocycles. The molecule has 38 heavy (non-hydrogen) atoms. The number of carbonyl (C=O) groups excluding carboxylic acids is 1. The minimum Gasteiger partial charge on any atom is -0.478 e. The number of amides is 1. The number of benzene rings is 2. The predicted octanol–water partition coefficient (Wildman–Crippen LogP) is 4.70. The molecule has 1 aromatic heterocycles. The maximum absolute atomic E-state index is 13.2. The third-order valence-corrected chi connectivity index (χ3v) is 7.90. The highest BCUT2D eigenvalue weighted by molar-refractivity contribution is 7.89. The molecule has 200 valence electrons. The van der Waals surface area contributed by atoms with Gasteiger partial charge in [0, 0.05) is 25.3 Å². The highest BCUT2D eigenvalue weighted by Crippen LogP contribution is 2.35. The van der Waals surface area contributed by atoms with Gasteiger partial charge in [-0.2, -0.15) is 13.2 Å². The van der Waals surface area contributed by atoms with E-state index in [1.807, 2.05) is 0 Å². The summed E-state index contributed by atoms with van der Waals surface area (Å²) in [5.74, 6) is -1.88. The van der Waals surface area contributed by atoms with Gasteiger partial charge in [-0.1, -0.05) is 35.9 Å². The third-order valence-electron chi connectivity index (χ3n) is 6.11. The number of aromatic nitrogens is 1. The first kappa shape index (κ1) is 27.6. The molecule has 4 rings (SSSR count). The fourth-order valence-electron chi connectivity index (χ4n) is 4.25. The van der Waals surface area contributed by atoms with E-state index in [1.165, 1.54) is 36.5 Å². The molecule has 0 radical (unpaired) electrons. The van der Waals surface area contributed by atoms with Gasteiger partial charge in [-0.3, -0.25) is 4.79 Å². The van der Waals surface area contributed by atoms with E-state index >= 15 is 0 Å². The zero-order valence-corrected chi connectivity index (χ0v) is 21.1. The van der Waals surface area contributed by atoms with Crippen molar-refractivity contribution in [3.63, 3.8) is 0 Å². The monoisotopic (exact) mass is 567 g/mol. The van der Waals surface area contributed by atoms with Crippen molar-refractivity contribution >= 4 is 33.5 Å². The molecule has 0 saturated carbocycles. The Bertz CT molecular complexity index is 1470. The maximum atomic E-state index is 13.2. The van der Waals surface area contributed by atoms with Crippen LogP contribution in [0.3, 0.4) is 0 Å². The molecule has 0 bridgehead atoms. The third kappa shape index (κ3) is 5.98. The molecule has 2 N–H and O–H groups in total. The van der Waals surface area contributed by atoms with Crippen molar-refractivity contribution in [2.75, 3.05) is 13.1 Å². The summed E-state index contributed by atoms with van der Waals surface area (Å²) < 4.78 is 68.6. The van der Waals surface area contributed by atoms with Gasteiger partial charge in [0.1, 0.15) is 5.15 Å². The number of rotatable bonds is 6. The number of likely N-dealkylation sites (tertiary alicyclic amines) is 1. The van der Waals surface area contributed by atoms with Crippen LogP contribution in [-0.4, -0.2) is 54.4 Å². The van der Waals surface area contributed by atoms with E-state index in [0.29, 0.717) is 5.56 Å². The predicted molar refractivity (Wildman–Crippen MR) is 132 cm³/mol. The van der Waals surface area contributed by atoms with Gasteiger partial charge < -0.3 is 10.0 Å².